The van der Waals surface area contributed by atoms with E-state index >= 15 is 0 Å². The number of hydrogen-bond donors (Lipinski definition) is 1. The predicted octanol–water partition coefficient (Wildman–Crippen LogP) is 7.35. The van der Waals surface area contributed by atoms with Crippen molar-refractivity contribution in [2.24, 2.45) is 11.8 Å². The highest BCUT2D eigenvalue weighted by molar-refractivity contribution is 6.36. The van der Waals surface area contributed by atoms with Gasteiger partial charge < -0.3 is 14.3 Å². The lowest BCUT2D eigenvalue weighted by atomic mass is 9.70. The fourth-order valence-corrected chi connectivity index (χ4v) is 4.91. The van der Waals surface area contributed by atoms with E-state index in [1.807, 2.05) is 0 Å². The number of benzene rings is 1. The summed E-state index contributed by atoms with van der Waals surface area (Å²) in [5.41, 5.74) is 2.95. The molecule has 0 heterocycles. The minimum absolute atomic E-state index is 0.101. The smallest absolute Gasteiger partial charge is 0.511 e. The van der Waals surface area contributed by atoms with Crippen molar-refractivity contribution >= 4 is 7.32 Å². The second-order valence-electron chi connectivity index (χ2n) is 12.2. The van der Waals surface area contributed by atoms with Crippen LogP contribution in [0.4, 0.5) is 0 Å². The lowest BCUT2D eigenvalue weighted by Crippen LogP contribution is -2.46. The van der Waals surface area contributed by atoms with Crippen molar-refractivity contribution in [3.05, 3.63) is 28.8 Å². The maximum Gasteiger partial charge on any atom is 0.710 e. The van der Waals surface area contributed by atoms with Crippen molar-refractivity contribution in [3.63, 3.8) is 0 Å². The monoisotopic (exact) mass is 430 g/mol. The Morgan fingerprint density at radius 1 is 1.03 bits per heavy atom. The number of aryl methyl sites for hydroxylation is 1. The summed E-state index contributed by atoms with van der Waals surface area (Å²) >= 11 is 0. The molecule has 0 aliphatic heterocycles. The van der Waals surface area contributed by atoms with E-state index in [1.54, 1.807) is 0 Å². The summed E-state index contributed by atoms with van der Waals surface area (Å²) in [5, 5.41) is 11.1. The molecule has 0 saturated heterocycles. The van der Waals surface area contributed by atoms with Crippen LogP contribution in [-0.2, 0) is 15.5 Å². The molecule has 3 nitrogen and oxygen atoms in total. The van der Waals surface area contributed by atoms with Gasteiger partial charge in [0, 0.05) is 0 Å². The van der Waals surface area contributed by atoms with Gasteiger partial charge >= 0.3 is 7.32 Å². The van der Waals surface area contributed by atoms with Gasteiger partial charge in [-0.1, -0.05) is 92.9 Å². The van der Waals surface area contributed by atoms with Crippen LogP contribution >= 0.6 is 0 Å². The first-order valence-electron chi connectivity index (χ1n) is 12.4. The zero-order chi connectivity index (χ0) is 23.6. The third-order valence-corrected chi connectivity index (χ3v) is 7.13. The first-order valence-corrected chi connectivity index (χ1v) is 12.4. The van der Waals surface area contributed by atoms with E-state index < -0.39 is 7.32 Å². The van der Waals surface area contributed by atoms with Crippen molar-refractivity contribution in [1.29, 1.82) is 0 Å². The molecule has 1 fully saturated rings. The Bertz CT molecular complexity index is 692. The van der Waals surface area contributed by atoms with Gasteiger partial charge in [-0.2, -0.15) is 0 Å². The van der Waals surface area contributed by atoms with Crippen LogP contribution < -0.4 is 4.65 Å². The molecule has 0 bridgehead atoms. The average molecular weight is 430 g/mol. The van der Waals surface area contributed by atoms with Crippen LogP contribution in [0.25, 0.3) is 0 Å². The summed E-state index contributed by atoms with van der Waals surface area (Å²) in [7, 11) is -1.26. The Morgan fingerprint density at radius 2 is 1.58 bits per heavy atom. The molecule has 3 unspecified atom stereocenters. The molecule has 176 valence electrons. The summed E-state index contributed by atoms with van der Waals surface area (Å²) in [6.07, 6.45) is 6.34. The van der Waals surface area contributed by atoms with E-state index in [1.165, 1.54) is 5.56 Å². The van der Waals surface area contributed by atoms with Crippen molar-refractivity contribution in [3.8, 4) is 5.75 Å². The summed E-state index contributed by atoms with van der Waals surface area (Å²) in [6, 6.07) is 4.38. The zero-order valence-corrected chi connectivity index (χ0v) is 21.9. The molecule has 1 aliphatic carbocycles. The van der Waals surface area contributed by atoms with Crippen LogP contribution in [0.2, 0.25) is 0 Å². The highest BCUT2D eigenvalue weighted by Crippen LogP contribution is 2.44. The van der Waals surface area contributed by atoms with Gasteiger partial charge in [0.15, 0.2) is 0 Å². The molecule has 1 aromatic rings. The number of hydrogen-bond acceptors (Lipinski definition) is 3. The van der Waals surface area contributed by atoms with Gasteiger partial charge in [0.1, 0.15) is 5.75 Å². The Hall–Kier alpha value is -0.995. The Kier molecular flexibility index (Phi) is 8.36. The van der Waals surface area contributed by atoms with Crippen LogP contribution in [0.3, 0.4) is 0 Å². The standard InChI is InChI=1S/C27H47BO3/c1-11-12-14-27(15-13-20(3)21(4)18-27)31-28(29)30-24-22(25(5,6)7)16-19(2)17-23(24)26(8,9)10/h16-17,20-21,29H,11-15,18H2,1-10H3. The molecule has 3 atom stereocenters. The van der Waals surface area contributed by atoms with Crippen LogP contribution in [0, 0.1) is 18.8 Å². The molecule has 0 spiro atoms. The normalized spacial score (nSPS) is 24.9. The van der Waals surface area contributed by atoms with E-state index in [4.69, 9.17) is 9.31 Å². The summed E-state index contributed by atoms with van der Waals surface area (Å²) in [5.74, 6) is 2.07. The van der Waals surface area contributed by atoms with E-state index in [0.29, 0.717) is 11.8 Å². The van der Waals surface area contributed by atoms with Crippen LogP contribution in [0.5, 0.6) is 5.75 Å². The molecule has 1 aliphatic rings. The molecule has 0 radical (unpaired) electrons. The minimum atomic E-state index is -1.26. The lowest BCUT2D eigenvalue weighted by molar-refractivity contribution is -0.0426. The molecule has 0 aromatic heterocycles. The topological polar surface area (TPSA) is 38.7 Å². The van der Waals surface area contributed by atoms with Crippen molar-refractivity contribution in [2.75, 3.05) is 0 Å². The van der Waals surface area contributed by atoms with Crippen LogP contribution in [-0.4, -0.2) is 17.9 Å². The molecule has 1 aromatic carbocycles. The first kappa shape index (κ1) is 26.3. The molecule has 1 N–H and O–H groups in total. The predicted molar refractivity (Wildman–Crippen MR) is 133 cm³/mol. The number of unbranched alkanes of at least 4 members (excludes halogenated alkanes) is 1. The van der Waals surface area contributed by atoms with E-state index in [-0.39, 0.29) is 16.4 Å². The first-order chi connectivity index (χ1) is 14.2. The van der Waals surface area contributed by atoms with Crippen LogP contribution in [0.15, 0.2) is 12.1 Å². The molecular formula is C27H47BO3. The molecular weight excluding hydrogens is 383 g/mol. The van der Waals surface area contributed by atoms with Gasteiger partial charge in [-0.3, -0.25) is 0 Å². The van der Waals surface area contributed by atoms with Gasteiger partial charge in [0.25, 0.3) is 0 Å². The fourth-order valence-electron chi connectivity index (χ4n) is 4.91. The van der Waals surface area contributed by atoms with E-state index in [0.717, 1.165) is 55.4 Å². The summed E-state index contributed by atoms with van der Waals surface area (Å²) in [4.78, 5) is 0. The van der Waals surface area contributed by atoms with Crippen molar-refractivity contribution in [1.82, 2.24) is 0 Å². The van der Waals surface area contributed by atoms with Gasteiger partial charge in [-0.05, 0) is 66.4 Å². The molecule has 1 saturated carbocycles. The third kappa shape index (κ3) is 6.74. The Labute approximate surface area is 192 Å². The van der Waals surface area contributed by atoms with Crippen molar-refractivity contribution in [2.45, 2.75) is 124 Å². The van der Waals surface area contributed by atoms with Crippen molar-refractivity contribution < 1.29 is 14.3 Å². The molecule has 4 heteroatoms. The van der Waals surface area contributed by atoms with Gasteiger partial charge in [0.2, 0.25) is 0 Å². The highest BCUT2D eigenvalue weighted by atomic mass is 16.7. The second kappa shape index (κ2) is 9.87. The van der Waals surface area contributed by atoms with E-state index in [2.05, 4.69) is 81.4 Å². The lowest BCUT2D eigenvalue weighted by Gasteiger charge is -2.43. The van der Waals surface area contributed by atoms with Crippen LogP contribution in [0.1, 0.15) is 118 Å². The summed E-state index contributed by atoms with van der Waals surface area (Å²) in [6.45, 7) is 22.2. The van der Waals surface area contributed by atoms with E-state index in [9.17, 15) is 5.02 Å². The SMILES string of the molecule is CCCCC1(OB(O)Oc2c(C(C)(C)C)cc(C)cc2C(C)(C)C)CCC(C)C(C)C1. The quantitative estimate of drug-likeness (QED) is 0.460. The fraction of sp³-hybridized carbons (Fsp3) is 0.778. The number of rotatable bonds is 7. The van der Waals surface area contributed by atoms with Gasteiger partial charge in [-0.15, -0.1) is 0 Å². The summed E-state index contributed by atoms with van der Waals surface area (Å²) < 4.78 is 12.7. The molecule has 0 amide bonds. The highest BCUT2D eigenvalue weighted by Gasteiger charge is 2.43. The zero-order valence-electron chi connectivity index (χ0n) is 21.9. The Morgan fingerprint density at radius 3 is 2.03 bits per heavy atom. The minimum Gasteiger partial charge on any atom is -0.511 e. The Balaban J connectivity index is 2.38. The van der Waals surface area contributed by atoms with Gasteiger partial charge in [0.05, 0.1) is 5.60 Å². The second-order valence-corrected chi connectivity index (χ2v) is 12.2. The maximum atomic E-state index is 11.1. The van der Waals surface area contributed by atoms with Gasteiger partial charge in [-0.25, -0.2) is 0 Å². The molecule has 31 heavy (non-hydrogen) atoms. The largest absolute Gasteiger partial charge is 0.710 e. The molecule has 2 rings (SSSR count). The average Bonchev–Trinajstić information content (AvgIpc) is 2.62. The third-order valence-electron chi connectivity index (χ3n) is 7.13. The maximum absolute atomic E-state index is 11.1.